The number of halogens is 2. The third-order valence-electron chi connectivity index (χ3n) is 2.81. The van der Waals surface area contributed by atoms with Crippen LogP contribution in [0.2, 0.25) is 5.02 Å². The van der Waals surface area contributed by atoms with Gasteiger partial charge in [0.25, 0.3) is 0 Å². The molecule has 0 spiro atoms. The van der Waals surface area contributed by atoms with Crippen molar-refractivity contribution in [2.45, 2.75) is 0 Å². The number of carbonyl (C=O) groups is 1. The van der Waals surface area contributed by atoms with Crippen molar-refractivity contribution in [1.29, 1.82) is 0 Å². The summed E-state index contributed by atoms with van der Waals surface area (Å²) in [6.07, 6.45) is 0. The monoisotopic (exact) mass is 291 g/mol. The van der Waals surface area contributed by atoms with E-state index < -0.39 is 11.8 Å². The Morgan fingerprint density at radius 1 is 1.30 bits per heavy atom. The molecular formula is C14H7ClFNO3. The molecule has 0 bridgehead atoms. The van der Waals surface area contributed by atoms with Crippen LogP contribution in [0.5, 0.6) is 0 Å². The van der Waals surface area contributed by atoms with Crippen LogP contribution in [-0.2, 0) is 0 Å². The van der Waals surface area contributed by atoms with Crippen LogP contribution in [0.25, 0.3) is 22.6 Å². The maximum atomic E-state index is 13.8. The minimum atomic E-state index is -1.08. The fraction of sp³-hybridized carbons (Fsp3) is 0. The second kappa shape index (κ2) is 4.61. The van der Waals surface area contributed by atoms with E-state index in [9.17, 15) is 9.18 Å². The normalized spacial score (nSPS) is 10.9. The predicted octanol–water partition coefficient (Wildman–Crippen LogP) is 3.99. The maximum Gasteiger partial charge on any atom is 0.335 e. The molecule has 20 heavy (non-hydrogen) atoms. The first-order valence-electron chi connectivity index (χ1n) is 5.64. The van der Waals surface area contributed by atoms with Crippen LogP contribution >= 0.6 is 11.6 Å². The fourth-order valence-corrected chi connectivity index (χ4v) is 2.11. The number of nitrogens with zero attached hydrogens (tertiary/aromatic N) is 1. The summed E-state index contributed by atoms with van der Waals surface area (Å²) < 4.78 is 19.2. The molecular weight excluding hydrogens is 285 g/mol. The minimum absolute atomic E-state index is 0.0191. The topological polar surface area (TPSA) is 63.3 Å². The van der Waals surface area contributed by atoms with Crippen LogP contribution in [0.15, 0.2) is 40.8 Å². The van der Waals surface area contributed by atoms with Gasteiger partial charge >= 0.3 is 5.97 Å². The van der Waals surface area contributed by atoms with Crippen molar-refractivity contribution in [3.8, 4) is 11.5 Å². The first-order valence-corrected chi connectivity index (χ1v) is 6.02. The Hall–Kier alpha value is -2.40. The number of hydrogen-bond donors (Lipinski definition) is 1. The fourth-order valence-electron chi connectivity index (χ4n) is 1.87. The molecule has 1 aromatic heterocycles. The smallest absolute Gasteiger partial charge is 0.335 e. The highest BCUT2D eigenvalue weighted by Gasteiger charge is 2.17. The summed E-state index contributed by atoms with van der Waals surface area (Å²) in [5.41, 5.74) is 0.825. The molecule has 1 heterocycles. The number of rotatable bonds is 2. The molecule has 0 amide bonds. The zero-order chi connectivity index (χ0) is 14.3. The molecule has 0 unspecified atom stereocenters. The summed E-state index contributed by atoms with van der Waals surface area (Å²) in [7, 11) is 0. The van der Waals surface area contributed by atoms with E-state index in [1.54, 1.807) is 0 Å². The molecule has 0 aliphatic heterocycles. The van der Waals surface area contributed by atoms with Crippen LogP contribution in [0.3, 0.4) is 0 Å². The zero-order valence-corrected chi connectivity index (χ0v) is 10.7. The number of fused-ring (bicyclic) bond motifs is 1. The summed E-state index contributed by atoms with van der Waals surface area (Å²) in [6.45, 7) is 0. The molecule has 2 aromatic carbocycles. The highest BCUT2D eigenvalue weighted by molar-refractivity contribution is 6.33. The Balaban J connectivity index is 2.21. The summed E-state index contributed by atoms with van der Waals surface area (Å²) in [5.74, 6) is -1.61. The van der Waals surface area contributed by atoms with Crippen molar-refractivity contribution in [1.82, 2.24) is 4.98 Å². The number of benzene rings is 2. The lowest BCUT2D eigenvalue weighted by molar-refractivity contribution is 0.0697. The van der Waals surface area contributed by atoms with E-state index in [2.05, 4.69) is 4.98 Å². The molecule has 0 saturated heterocycles. The van der Waals surface area contributed by atoms with E-state index in [-0.39, 0.29) is 27.6 Å². The van der Waals surface area contributed by atoms with Gasteiger partial charge in [-0.3, -0.25) is 0 Å². The van der Waals surface area contributed by atoms with Crippen LogP contribution in [0, 0.1) is 5.82 Å². The molecule has 0 atom stereocenters. The van der Waals surface area contributed by atoms with E-state index in [1.165, 1.54) is 36.4 Å². The largest absolute Gasteiger partial charge is 0.478 e. The number of hydrogen-bond acceptors (Lipinski definition) is 3. The standard InChI is InChI=1S/C14H7ClFNO3/c15-8-2-1-3-9(16)12(8)13-17-10-5-4-7(14(18)19)6-11(10)20-13/h1-6H,(H,18,19). The second-order valence-corrected chi connectivity index (χ2v) is 4.51. The van der Waals surface area contributed by atoms with Crippen LogP contribution in [0.1, 0.15) is 10.4 Å². The van der Waals surface area contributed by atoms with Gasteiger partial charge in [-0.25, -0.2) is 14.2 Å². The lowest BCUT2D eigenvalue weighted by Crippen LogP contribution is -1.94. The quantitative estimate of drug-likeness (QED) is 0.775. The van der Waals surface area contributed by atoms with Gasteiger partial charge in [0.15, 0.2) is 5.58 Å². The van der Waals surface area contributed by atoms with Gasteiger partial charge < -0.3 is 9.52 Å². The first-order chi connectivity index (χ1) is 9.56. The van der Waals surface area contributed by atoms with Gasteiger partial charge in [0, 0.05) is 0 Å². The molecule has 6 heteroatoms. The van der Waals surface area contributed by atoms with Gasteiger partial charge in [-0.05, 0) is 30.3 Å². The average molecular weight is 292 g/mol. The van der Waals surface area contributed by atoms with E-state index in [0.29, 0.717) is 5.52 Å². The number of oxazole rings is 1. The number of carboxylic acids is 1. The molecule has 0 aliphatic rings. The van der Waals surface area contributed by atoms with Gasteiger partial charge in [0.1, 0.15) is 11.3 Å². The third-order valence-corrected chi connectivity index (χ3v) is 3.13. The minimum Gasteiger partial charge on any atom is -0.478 e. The SMILES string of the molecule is O=C(O)c1ccc2nc(-c3c(F)cccc3Cl)oc2c1. The van der Waals surface area contributed by atoms with Crippen molar-refractivity contribution < 1.29 is 18.7 Å². The molecule has 4 nitrogen and oxygen atoms in total. The molecule has 0 radical (unpaired) electrons. The molecule has 100 valence electrons. The van der Waals surface area contributed by atoms with Crippen molar-refractivity contribution in [3.05, 3.63) is 52.8 Å². The summed E-state index contributed by atoms with van der Waals surface area (Å²) in [5, 5.41) is 9.09. The molecule has 0 saturated carbocycles. The molecule has 0 aliphatic carbocycles. The van der Waals surface area contributed by atoms with Gasteiger partial charge in [-0.1, -0.05) is 17.7 Å². The van der Waals surface area contributed by atoms with Crippen molar-refractivity contribution >= 4 is 28.7 Å². The van der Waals surface area contributed by atoms with E-state index in [0.717, 1.165) is 0 Å². The second-order valence-electron chi connectivity index (χ2n) is 4.10. The lowest BCUT2D eigenvalue weighted by atomic mass is 10.2. The van der Waals surface area contributed by atoms with Gasteiger partial charge in [0.2, 0.25) is 5.89 Å². The van der Waals surface area contributed by atoms with Crippen LogP contribution < -0.4 is 0 Å². The molecule has 1 N–H and O–H groups in total. The van der Waals surface area contributed by atoms with E-state index in [4.69, 9.17) is 21.1 Å². The van der Waals surface area contributed by atoms with E-state index in [1.807, 2.05) is 0 Å². The van der Waals surface area contributed by atoms with Gasteiger partial charge in [-0.15, -0.1) is 0 Å². The van der Waals surface area contributed by atoms with Crippen molar-refractivity contribution in [2.24, 2.45) is 0 Å². The van der Waals surface area contributed by atoms with Crippen LogP contribution in [-0.4, -0.2) is 16.1 Å². The van der Waals surface area contributed by atoms with E-state index >= 15 is 0 Å². The number of aromatic carboxylic acids is 1. The Bertz CT molecular complexity index is 808. The first kappa shape index (κ1) is 12.6. The Morgan fingerprint density at radius 3 is 2.80 bits per heavy atom. The maximum absolute atomic E-state index is 13.8. The third kappa shape index (κ3) is 2.02. The van der Waals surface area contributed by atoms with Gasteiger partial charge in [-0.2, -0.15) is 0 Å². The Labute approximate surface area is 117 Å². The van der Waals surface area contributed by atoms with Crippen molar-refractivity contribution in [3.63, 3.8) is 0 Å². The van der Waals surface area contributed by atoms with Gasteiger partial charge in [0.05, 0.1) is 16.1 Å². The summed E-state index contributed by atoms with van der Waals surface area (Å²) >= 11 is 5.94. The highest BCUT2D eigenvalue weighted by Crippen LogP contribution is 2.32. The Kier molecular flexibility index (Phi) is 2.91. The summed E-state index contributed by atoms with van der Waals surface area (Å²) in [6, 6.07) is 8.49. The lowest BCUT2D eigenvalue weighted by Gasteiger charge is -1.99. The average Bonchev–Trinajstić information content (AvgIpc) is 2.80. The van der Waals surface area contributed by atoms with Crippen LogP contribution in [0.4, 0.5) is 4.39 Å². The molecule has 3 aromatic rings. The highest BCUT2D eigenvalue weighted by atomic mass is 35.5. The predicted molar refractivity (Wildman–Crippen MR) is 71.4 cm³/mol. The van der Waals surface area contributed by atoms with Crippen molar-refractivity contribution in [2.75, 3.05) is 0 Å². The summed E-state index contributed by atoms with van der Waals surface area (Å²) in [4.78, 5) is 15.0. The number of aromatic nitrogens is 1. The Morgan fingerprint density at radius 2 is 2.10 bits per heavy atom. The molecule has 0 fully saturated rings. The number of carboxylic acid groups (broad SMARTS) is 1. The molecule has 3 rings (SSSR count). The zero-order valence-electron chi connectivity index (χ0n) is 9.93.